The second-order valence-electron chi connectivity index (χ2n) is 9.98. The van der Waals surface area contributed by atoms with E-state index < -0.39 is 29.8 Å². The maximum atomic E-state index is 15.3. The molecule has 0 radical (unpaired) electrons. The van der Waals surface area contributed by atoms with Crippen molar-refractivity contribution in [2.24, 2.45) is 5.92 Å². The molecule has 40 heavy (non-hydrogen) atoms. The molecule has 0 aliphatic carbocycles. The van der Waals surface area contributed by atoms with E-state index in [0.717, 1.165) is 32.6 Å². The maximum absolute atomic E-state index is 15.3. The summed E-state index contributed by atoms with van der Waals surface area (Å²) in [7, 11) is 0. The summed E-state index contributed by atoms with van der Waals surface area (Å²) >= 11 is 6.19. The summed E-state index contributed by atoms with van der Waals surface area (Å²) in [5, 5.41) is 36.2. The van der Waals surface area contributed by atoms with Crippen LogP contribution in [0.3, 0.4) is 0 Å². The van der Waals surface area contributed by atoms with Crippen molar-refractivity contribution in [2.75, 3.05) is 45.1 Å². The minimum Gasteiger partial charge on any atom is -0.479 e. The van der Waals surface area contributed by atoms with Crippen LogP contribution in [0.5, 0.6) is 0 Å². The van der Waals surface area contributed by atoms with Gasteiger partial charge in [0.1, 0.15) is 5.67 Å². The van der Waals surface area contributed by atoms with Crippen molar-refractivity contribution in [3.05, 3.63) is 35.0 Å². The van der Waals surface area contributed by atoms with Crippen molar-refractivity contribution < 1.29 is 43.9 Å². The molecule has 2 aliphatic heterocycles. The van der Waals surface area contributed by atoms with Gasteiger partial charge >= 0.3 is 11.9 Å². The zero-order chi connectivity index (χ0) is 29.4. The third-order valence-corrected chi connectivity index (χ3v) is 7.42. The number of hydrogen-bond donors (Lipinski definition) is 6. The minimum absolute atomic E-state index is 0.0206. The number of aromatic nitrogens is 1. The molecule has 2 aromatic rings. The summed E-state index contributed by atoms with van der Waals surface area (Å²) < 4.78 is 20.7. The molecule has 3 heterocycles. The lowest BCUT2D eigenvalue weighted by Crippen LogP contribution is -2.49. The number of halogens is 2. The molecule has 220 valence electrons. The molecule has 0 saturated carbocycles. The van der Waals surface area contributed by atoms with Crippen molar-refractivity contribution in [3.8, 4) is 0 Å². The number of ether oxygens (including phenoxy) is 1. The first kappa shape index (κ1) is 31.4. The molecule has 1 amide bonds. The maximum Gasteiger partial charge on any atom is 0.335 e. The third-order valence-electron chi connectivity index (χ3n) is 7.11. The Labute approximate surface area is 234 Å². The number of nitrogens with zero attached hydrogens (tertiary/aromatic N) is 2. The van der Waals surface area contributed by atoms with Crippen LogP contribution in [0.1, 0.15) is 36.0 Å². The van der Waals surface area contributed by atoms with Crippen LogP contribution < -0.4 is 11.1 Å². The number of likely N-dealkylation sites (tertiary alicyclic amines) is 1. The predicted octanol–water partition coefficient (Wildman–Crippen LogP) is 1.31. The molecular weight excluding hydrogens is 551 g/mol. The van der Waals surface area contributed by atoms with Crippen LogP contribution in [0.2, 0.25) is 5.02 Å². The van der Waals surface area contributed by atoms with Crippen LogP contribution in [0.25, 0.3) is 10.9 Å². The van der Waals surface area contributed by atoms with Gasteiger partial charge in [0.05, 0.1) is 28.3 Å². The smallest absolute Gasteiger partial charge is 0.335 e. The van der Waals surface area contributed by atoms with Crippen molar-refractivity contribution in [3.63, 3.8) is 0 Å². The molecular formula is C26H34ClFN4O8. The molecule has 1 aromatic heterocycles. The molecule has 12 nitrogen and oxygen atoms in total. The SMILES string of the molecule is Nc1c(Cl)cc(C(=O)NCC2(F)CCN(CC3CCOCC3)CC2)c2ncccc12.O=C(O)C(O)C(O)C(=O)O. The van der Waals surface area contributed by atoms with Gasteiger partial charge in [-0.25, -0.2) is 14.0 Å². The van der Waals surface area contributed by atoms with E-state index >= 15 is 4.39 Å². The molecule has 2 saturated heterocycles. The molecule has 2 atom stereocenters. The van der Waals surface area contributed by atoms with E-state index in [1.165, 1.54) is 6.07 Å². The number of nitrogens with one attached hydrogen (secondary N) is 1. The predicted molar refractivity (Wildman–Crippen MR) is 144 cm³/mol. The monoisotopic (exact) mass is 584 g/mol. The van der Waals surface area contributed by atoms with Gasteiger partial charge in [-0.15, -0.1) is 0 Å². The minimum atomic E-state index is -2.27. The number of nitrogens with two attached hydrogens (primary N) is 1. The molecule has 1 aromatic carbocycles. The van der Waals surface area contributed by atoms with E-state index in [1.807, 2.05) is 0 Å². The largest absolute Gasteiger partial charge is 0.479 e. The van der Waals surface area contributed by atoms with Crippen molar-refractivity contribution >= 4 is 46.0 Å². The number of alkyl halides is 1. The molecule has 2 unspecified atom stereocenters. The first-order valence-corrected chi connectivity index (χ1v) is 13.2. The number of carboxylic acid groups (broad SMARTS) is 2. The highest BCUT2D eigenvalue weighted by atomic mass is 35.5. The van der Waals surface area contributed by atoms with Crippen LogP contribution >= 0.6 is 11.6 Å². The average Bonchev–Trinajstić information content (AvgIpc) is 2.95. The van der Waals surface area contributed by atoms with Crippen LogP contribution in [0.4, 0.5) is 10.1 Å². The van der Waals surface area contributed by atoms with Gasteiger partial charge in [-0.05, 0) is 49.8 Å². The van der Waals surface area contributed by atoms with Gasteiger partial charge in [0, 0.05) is 44.4 Å². The number of carboxylic acids is 2. The Hall–Kier alpha value is -3.10. The molecule has 4 rings (SSSR count). The van der Waals surface area contributed by atoms with Gasteiger partial charge in [-0.1, -0.05) is 11.6 Å². The van der Waals surface area contributed by atoms with Crippen LogP contribution in [0.15, 0.2) is 24.4 Å². The van der Waals surface area contributed by atoms with Crippen LogP contribution in [-0.2, 0) is 14.3 Å². The van der Waals surface area contributed by atoms with E-state index in [1.54, 1.807) is 18.3 Å². The number of aliphatic hydroxyl groups excluding tert-OH is 2. The first-order valence-electron chi connectivity index (χ1n) is 12.8. The number of benzene rings is 1. The van der Waals surface area contributed by atoms with Gasteiger partial charge in [-0.2, -0.15) is 0 Å². The normalized spacial score (nSPS) is 19.2. The average molecular weight is 585 g/mol. The highest BCUT2D eigenvalue weighted by Crippen LogP contribution is 2.31. The standard InChI is InChI=1S/C22H28ClFN4O2.C4H6O6/c23-18-12-17(20-16(19(18)25)2-1-7-26-20)21(29)27-14-22(24)5-8-28(9-6-22)13-15-3-10-30-11-4-15;5-1(3(7)8)2(6)4(9)10/h1-2,7,12,15H,3-6,8-11,13-14,25H2,(H,27,29);1-2,5-6H,(H,7,8)(H,9,10). The summed E-state index contributed by atoms with van der Waals surface area (Å²) in [6, 6.07) is 5.01. The number of pyridine rings is 1. The third kappa shape index (κ3) is 8.21. The second kappa shape index (κ2) is 14.0. The zero-order valence-electron chi connectivity index (χ0n) is 21.8. The number of fused-ring (bicyclic) bond motifs is 1. The van der Waals surface area contributed by atoms with Crippen molar-refractivity contribution in [2.45, 2.75) is 43.6 Å². The number of nitrogen functional groups attached to an aromatic ring is 1. The Morgan fingerprint density at radius 1 is 1.18 bits per heavy atom. The highest BCUT2D eigenvalue weighted by Gasteiger charge is 2.36. The fraction of sp³-hybridized carbons (Fsp3) is 0.538. The van der Waals surface area contributed by atoms with Gasteiger partial charge in [0.15, 0.2) is 12.2 Å². The van der Waals surface area contributed by atoms with Crippen molar-refractivity contribution in [1.82, 2.24) is 15.2 Å². The molecule has 2 aliphatic rings. The first-order chi connectivity index (χ1) is 18.9. The van der Waals surface area contributed by atoms with E-state index in [-0.39, 0.29) is 17.5 Å². The van der Waals surface area contributed by atoms with Crippen LogP contribution in [-0.4, -0.2) is 105 Å². The van der Waals surface area contributed by atoms with Crippen molar-refractivity contribution in [1.29, 1.82) is 0 Å². The molecule has 14 heteroatoms. The molecule has 2 fully saturated rings. The Morgan fingerprint density at radius 3 is 2.35 bits per heavy atom. The fourth-order valence-corrected chi connectivity index (χ4v) is 4.83. The number of carbonyl (C=O) groups is 3. The Kier molecular flexibility index (Phi) is 11.0. The van der Waals surface area contributed by atoms with Gasteiger partial charge in [-0.3, -0.25) is 9.78 Å². The van der Waals surface area contributed by atoms with Crippen LogP contribution in [0, 0.1) is 5.92 Å². The van der Waals surface area contributed by atoms with E-state index in [9.17, 15) is 14.4 Å². The number of amides is 1. The molecule has 0 spiro atoms. The Bertz CT molecular complexity index is 1190. The number of hydrogen-bond acceptors (Lipinski definition) is 9. The summed E-state index contributed by atoms with van der Waals surface area (Å²) in [6.45, 7) is 4.07. The lowest BCUT2D eigenvalue weighted by molar-refractivity contribution is -0.165. The summed E-state index contributed by atoms with van der Waals surface area (Å²) in [5.41, 5.74) is 5.77. The number of aliphatic hydroxyl groups is 2. The topological polar surface area (TPSA) is 196 Å². The zero-order valence-corrected chi connectivity index (χ0v) is 22.5. The summed E-state index contributed by atoms with van der Waals surface area (Å²) in [6.07, 6.45) is 0.0571. The summed E-state index contributed by atoms with van der Waals surface area (Å²) in [5.74, 6) is -3.28. The molecule has 7 N–H and O–H groups in total. The Morgan fingerprint density at radius 2 is 1.77 bits per heavy atom. The number of anilines is 1. The lowest BCUT2D eigenvalue weighted by Gasteiger charge is -2.38. The second-order valence-corrected chi connectivity index (χ2v) is 10.4. The van der Waals surface area contributed by atoms with E-state index in [0.29, 0.717) is 54.0 Å². The lowest BCUT2D eigenvalue weighted by atomic mass is 9.91. The van der Waals surface area contributed by atoms with Gasteiger partial charge < -0.3 is 41.1 Å². The fourth-order valence-electron chi connectivity index (χ4n) is 4.62. The number of rotatable bonds is 8. The van der Waals surface area contributed by atoms with Gasteiger partial charge in [0.25, 0.3) is 5.91 Å². The van der Waals surface area contributed by atoms with E-state index in [4.69, 9.17) is 42.5 Å². The highest BCUT2D eigenvalue weighted by molar-refractivity contribution is 6.35. The number of piperidine rings is 1. The summed E-state index contributed by atoms with van der Waals surface area (Å²) in [4.78, 5) is 39.0. The van der Waals surface area contributed by atoms with Gasteiger partial charge in [0.2, 0.25) is 0 Å². The Balaban J connectivity index is 0.000000378. The van der Waals surface area contributed by atoms with E-state index in [2.05, 4.69) is 15.2 Å². The number of carbonyl (C=O) groups excluding carboxylic acids is 1. The quantitative estimate of drug-likeness (QED) is 0.245. The molecule has 0 bridgehead atoms. The number of aliphatic carboxylic acids is 2.